The summed E-state index contributed by atoms with van der Waals surface area (Å²) in [6.45, 7) is 0.0964. The minimum atomic E-state index is -3.95. The highest BCUT2D eigenvalue weighted by molar-refractivity contribution is 7.89. The number of esters is 1. The van der Waals surface area contributed by atoms with Crippen LogP contribution in [0.5, 0.6) is 0 Å². The Bertz CT molecular complexity index is 863. The summed E-state index contributed by atoms with van der Waals surface area (Å²) in [5.41, 5.74) is 0. The molecule has 152 valence electrons. The number of piperazine rings is 1. The molecular weight excluding hydrogens is 387 g/mol. The van der Waals surface area contributed by atoms with E-state index in [1.165, 1.54) is 23.1 Å². The maximum absolute atomic E-state index is 13.9. The number of hydrogen-bond acceptors (Lipinski definition) is 5. The summed E-state index contributed by atoms with van der Waals surface area (Å²) < 4.78 is 45.3. The van der Waals surface area contributed by atoms with Crippen molar-refractivity contribution in [2.24, 2.45) is 5.92 Å². The molecule has 1 aliphatic carbocycles. The van der Waals surface area contributed by atoms with E-state index in [2.05, 4.69) is 0 Å². The zero-order valence-corrected chi connectivity index (χ0v) is 16.2. The van der Waals surface area contributed by atoms with Gasteiger partial charge in [0.15, 0.2) is 6.61 Å². The van der Waals surface area contributed by atoms with Crippen molar-refractivity contribution in [3.8, 4) is 0 Å². The standard InChI is InChI=1S/C19H23FN2O5S/c20-16-8-4-5-9-17(16)28(25,26)22-12-10-21(11-13-22)18(23)14-27-19(24)15-6-2-1-3-7-15/h1-2,4-5,8-9,15H,3,6-7,10-14H2/t15-/m1/s1. The number of allylic oxidation sites excluding steroid dienone is 2. The molecule has 0 spiro atoms. The van der Waals surface area contributed by atoms with Crippen molar-refractivity contribution in [1.82, 2.24) is 9.21 Å². The average Bonchev–Trinajstić information content (AvgIpc) is 2.72. The molecule has 0 N–H and O–H groups in total. The number of carbonyl (C=O) groups excluding carboxylic acids is 2. The van der Waals surface area contributed by atoms with Crippen LogP contribution in [-0.2, 0) is 24.3 Å². The molecule has 1 aromatic rings. The maximum atomic E-state index is 13.9. The van der Waals surface area contributed by atoms with Crippen molar-refractivity contribution >= 4 is 21.9 Å². The summed E-state index contributed by atoms with van der Waals surface area (Å²) in [5, 5.41) is 0. The molecule has 0 bridgehead atoms. The van der Waals surface area contributed by atoms with E-state index in [0.717, 1.165) is 23.2 Å². The van der Waals surface area contributed by atoms with Crippen LogP contribution in [-0.4, -0.2) is 62.3 Å². The highest BCUT2D eigenvalue weighted by Gasteiger charge is 2.32. The lowest BCUT2D eigenvalue weighted by Gasteiger charge is -2.34. The zero-order chi connectivity index (χ0) is 20.1. The Labute approximate surface area is 163 Å². The smallest absolute Gasteiger partial charge is 0.309 e. The molecule has 7 nitrogen and oxygen atoms in total. The minimum Gasteiger partial charge on any atom is -0.455 e. The highest BCUT2D eigenvalue weighted by atomic mass is 32.2. The molecule has 1 saturated heterocycles. The van der Waals surface area contributed by atoms with Crippen LogP contribution in [0.1, 0.15) is 19.3 Å². The lowest BCUT2D eigenvalue weighted by Crippen LogP contribution is -2.51. The van der Waals surface area contributed by atoms with Crippen molar-refractivity contribution in [3.63, 3.8) is 0 Å². The van der Waals surface area contributed by atoms with Crippen molar-refractivity contribution in [2.75, 3.05) is 32.8 Å². The van der Waals surface area contributed by atoms with Gasteiger partial charge in [-0.2, -0.15) is 4.31 Å². The normalized spacial score (nSPS) is 20.8. The van der Waals surface area contributed by atoms with Crippen LogP contribution in [0.25, 0.3) is 0 Å². The largest absolute Gasteiger partial charge is 0.455 e. The predicted octanol–water partition coefficient (Wildman–Crippen LogP) is 1.56. The van der Waals surface area contributed by atoms with E-state index >= 15 is 0 Å². The number of sulfonamides is 1. The fourth-order valence-electron chi connectivity index (χ4n) is 3.32. The summed E-state index contributed by atoms with van der Waals surface area (Å²) in [5.74, 6) is -1.74. The van der Waals surface area contributed by atoms with Crippen LogP contribution >= 0.6 is 0 Å². The van der Waals surface area contributed by atoms with E-state index < -0.39 is 15.8 Å². The fourth-order valence-corrected chi connectivity index (χ4v) is 4.81. The molecule has 9 heteroatoms. The Morgan fingerprint density at radius 1 is 1.11 bits per heavy atom. The van der Waals surface area contributed by atoms with Crippen molar-refractivity contribution in [1.29, 1.82) is 0 Å². The summed E-state index contributed by atoms with van der Waals surface area (Å²) in [6.07, 6.45) is 6.12. The molecule has 1 fully saturated rings. The first kappa shape index (κ1) is 20.5. The average molecular weight is 410 g/mol. The number of hydrogen-bond donors (Lipinski definition) is 0. The summed E-state index contributed by atoms with van der Waals surface area (Å²) in [7, 11) is -3.95. The van der Waals surface area contributed by atoms with Crippen LogP contribution in [0, 0.1) is 11.7 Å². The van der Waals surface area contributed by atoms with Crippen molar-refractivity contribution < 1.29 is 27.1 Å². The van der Waals surface area contributed by atoms with Gasteiger partial charge in [0.05, 0.1) is 5.92 Å². The van der Waals surface area contributed by atoms with E-state index in [4.69, 9.17) is 4.74 Å². The third kappa shape index (κ3) is 4.59. The molecule has 1 heterocycles. The molecule has 0 aromatic heterocycles. The number of nitrogens with zero attached hydrogens (tertiary/aromatic N) is 2. The van der Waals surface area contributed by atoms with Crippen LogP contribution in [0.15, 0.2) is 41.3 Å². The Morgan fingerprint density at radius 3 is 2.46 bits per heavy atom. The Kier molecular flexibility index (Phi) is 6.46. The minimum absolute atomic E-state index is 0.0593. The molecule has 0 unspecified atom stereocenters. The second kappa shape index (κ2) is 8.83. The Balaban J connectivity index is 1.50. The van der Waals surface area contributed by atoms with Gasteiger partial charge in [0.2, 0.25) is 10.0 Å². The first-order chi connectivity index (χ1) is 13.4. The van der Waals surface area contributed by atoms with E-state index in [1.807, 2.05) is 12.2 Å². The SMILES string of the molecule is O=C(OCC(=O)N1CCN(S(=O)(=O)c2ccccc2F)CC1)[C@@H]1CC=CCC1. The fraction of sp³-hybridized carbons (Fsp3) is 0.474. The first-order valence-corrected chi connectivity index (χ1v) is 10.7. The van der Waals surface area contributed by atoms with Gasteiger partial charge in [0.1, 0.15) is 10.7 Å². The number of rotatable bonds is 5. The van der Waals surface area contributed by atoms with E-state index in [9.17, 15) is 22.4 Å². The summed E-state index contributed by atoms with van der Waals surface area (Å²) >= 11 is 0. The van der Waals surface area contributed by atoms with Gasteiger partial charge < -0.3 is 9.64 Å². The number of amides is 1. The number of halogens is 1. The predicted molar refractivity (Wildman–Crippen MR) is 99.2 cm³/mol. The van der Waals surface area contributed by atoms with Gasteiger partial charge in [-0.05, 0) is 31.4 Å². The van der Waals surface area contributed by atoms with E-state index in [1.54, 1.807) is 0 Å². The maximum Gasteiger partial charge on any atom is 0.309 e. The van der Waals surface area contributed by atoms with E-state index in [0.29, 0.717) is 6.42 Å². The summed E-state index contributed by atoms with van der Waals surface area (Å²) in [4.78, 5) is 25.4. The van der Waals surface area contributed by atoms with Crippen LogP contribution in [0.4, 0.5) is 4.39 Å². The molecule has 28 heavy (non-hydrogen) atoms. The third-order valence-corrected chi connectivity index (χ3v) is 6.92. The van der Waals surface area contributed by atoms with Gasteiger partial charge in [0.25, 0.3) is 5.91 Å². The first-order valence-electron chi connectivity index (χ1n) is 9.23. The van der Waals surface area contributed by atoms with Crippen molar-refractivity contribution in [2.45, 2.75) is 24.2 Å². The van der Waals surface area contributed by atoms with Crippen LogP contribution in [0.2, 0.25) is 0 Å². The second-order valence-electron chi connectivity index (χ2n) is 6.80. The van der Waals surface area contributed by atoms with Gasteiger partial charge in [-0.25, -0.2) is 12.8 Å². The monoisotopic (exact) mass is 410 g/mol. The molecule has 0 radical (unpaired) electrons. The van der Waals surface area contributed by atoms with Gasteiger partial charge in [-0.1, -0.05) is 24.3 Å². The summed E-state index contributed by atoms with van der Waals surface area (Å²) in [6, 6.07) is 5.22. The number of ether oxygens (including phenoxy) is 1. The second-order valence-corrected chi connectivity index (χ2v) is 8.71. The lowest BCUT2D eigenvalue weighted by atomic mass is 9.95. The molecule has 1 amide bonds. The van der Waals surface area contributed by atoms with Gasteiger partial charge in [0, 0.05) is 26.2 Å². The zero-order valence-electron chi connectivity index (χ0n) is 15.4. The van der Waals surface area contributed by atoms with Gasteiger partial charge in [-0.15, -0.1) is 0 Å². The third-order valence-electron chi connectivity index (χ3n) is 4.99. The highest BCUT2D eigenvalue weighted by Crippen LogP contribution is 2.21. The topological polar surface area (TPSA) is 84.0 Å². The molecular formula is C19H23FN2O5S. The lowest BCUT2D eigenvalue weighted by molar-refractivity contribution is -0.156. The molecule has 2 aliphatic rings. The molecule has 3 rings (SSSR count). The van der Waals surface area contributed by atoms with Crippen LogP contribution < -0.4 is 0 Å². The quantitative estimate of drug-likeness (QED) is 0.543. The van der Waals surface area contributed by atoms with Gasteiger partial charge >= 0.3 is 5.97 Å². The molecule has 1 aromatic carbocycles. The Morgan fingerprint density at radius 2 is 1.82 bits per heavy atom. The molecule has 1 aliphatic heterocycles. The van der Waals surface area contributed by atoms with Gasteiger partial charge in [-0.3, -0.25) is 9.59 Å². The molecule has 1 atom stereocenters. The van der Waals surface area contributed by atoms with E-state index in [-0.39, 0.29) is 55.5 Å². The number of benzene rings is 1. The Hall–Kier alpha value is -2.26. The molecule has 0 saturated carbocycles. The number of carbonyl (C=O) groups is 2. The van der Waals surface area contributed by atoms with Crippen molar-refractivity contribution in [3.05, 3.63) is 42.2 Å². The van der Waals surface area contributed by atoms with Crippen LogP contribution in [0.3, 0.4) is 0 Å².